The molecule has 0 unspecified atom stereocenters. The molecule has 72 valence electrons. The van der Waals surface area contributed by atoms with Gasteiger partial charge < -0.3 is 0 Å². The highest BCUT2D eigenvalue weighted by Gasteiger charge is 2.10. The molecule has 0 spiro atoms. The van der Waals surface area contributed by atoms with Crippen LogP contribution in [-0.2, 0) is 7.05 Å². The molecule has 14 heavy (non-hydrogen) atoms. The summed E-state index contributed by atoms with van der Waals surface area (Å²) in [6, 6.07) is 0. The molecule has 0 aliphatic heterocycles. The van der Waals surface area contributed by atoms with Crippen LogP contribution in [0.5, 0.6) is 0 Å². The van der Waals surface area contributed by atoms with E-state index in [1.807, 2.05) is 6.92 Å². The quantitative estimate of drug-likeness (QED) is 0.656. The smallest absolute Gasteiger partial charge is 0.170 e. The number of aromatic nitrogens is 4. The summed E-state index contributed by atoms with van der Waals surface area (Å²) in [5, 5.41) is 4.19. The SMILES string of the molecule is Cc1nccn1-c1nn(C)cc1C=O. The van der Waals surface area contributed by atoms with E-state index in [1.165, 1.54) is 0 Å². The zero-order valence-electron chi connectivity index (χ0n) is 8.01. The molecule has 5 nitrogen and oxygen atoms in total. The Morgan fingerprint density at radius 2 is 2.29 bits per heavy atom. The minimum absolute atomic E-state index is 0.564. The van der Waals surface area contributed by atoms with Crippen molar-refractivity contribution in [2.24, 2.45) is 7.05 Å². The molecule has 0 aliphatic rings. The average molecular weight is 190 g/mol. The van der Waals surface area contributed by atoms with Gasteiger partial charge in [-0.05, 0) is 6.92 Å². The summed E-state index contributed by atoms with van der Waals surface area (Å²) in [4.78, 5) is 14.8. The van der Waals surface area contributed by atoms with Gasteiger partial charge in [-0.25, -0.2) is 4.98 Å². The number of aldehydes is 1. The van der Waals surface area contributed by atoms with Gasteiger partial charge in [0, 0.05) is 25.6 Å². The molecule has 0 saturated carbocycles. The van der Waals surface area contributed by atoms with E-state index < -0.39 is 0 Å². The third kappa shape index (κ3) is 1.22. The molecule has 0 atom stereocenters. The first-order chi connectivity index (χ1) is 6.72. The Morgan fingerprint density at radius 3 is 2.86 bits per heavy atom. The molecule has 0 amide bonds. The molecule has 0 fully saturated rings. The fourth-order valence-electron chi connectivity index (χ4n) is 1.37. The predicted molar refractivity (Wildman–Crippen MR) is 50.5 cm³/mol. The fraction of sp³-hybridized carbons (Fsp3) is 0.222. The van der Waals surface area contributed by atoms with Crippen molar-refractivity contribution < 1.29 is 4.79 Å². The summed E-state index contributed by atoms with van der Waals surface area (Å²) in [7, 11) is 1.78. The van der Waals surface area contributed by atoms with Crippen LogP contribution in [0.1, 0.15) is 16.2 Å². The van der Waals surface area contributed by atoms with Crippen molar-refractivity contribution in [3.05, 3.63) is 30.0 Å². The summed E-state index contributed by atoms with van der Waals surface area (Å²) in [5.41, 5.74) is 0.564. The van der Waals surface area contributed by atoms with Crippen molar-refractivity contribution >= 4 is 6.29 Å². The zero-order valence-corrected chi connectivity index (χ0v) is 8.01. The first-order valence-corrected chi connectivity index (χ1v) is 4.21. The van der Waals surface area contributed by atoms with Gasteiger partial charge in [0.25, 0.3) is 0 Å². The van der Waals surface area contributed by atoms with Crippen LogP contribution in [0.2, 0.25) is 0 Å². The van der Waals surface area contributed by atoms with Gasteiger partial charge in [0.05, 0.1) is 5.56 Å². The molecule has 5 heteroatoms. The van der Waals surface area contributed by atoms with Gasteiger partial charge in [-0.1, -0.05) is 0 Å². The van der Waals surface area contributed by atoms with Gasteiger partial charge in [0.15, 0.2) is 12.1 Å². The summed E-state index contributed by atoms with van der Waals surface area (Å²) < 4.78 is 3.39. The molecule has 0 aromatic carbocycles. The van der Waals surface area contributed by atoms with Crippen LogP contribution in [0.4, 0.5) is 0 Å². The van der Waals surface area contributed by atoms with Crippen LogP contribution in [0.15, 0.2) is 18.6 Å². The normalized spacial score (nSPS) is 10.4. The molecule has 0 saturated heterocycles. The van der Waals surface area contributed by atoms with Crippen LogP contribution >= 0.6 is 0 Å². The second-order valence-corrected chi connectivity index (χ2v) is 3.04. The molecule has 0 bridgehead atoms. The maximum absolute atomic E-state index is 10.8. The molecule has 0 radical (unpaired) electrons. The lowest BCUT2D eigenvalue weighted by molar-refractivity contribution is 0.112. The zero-order chi connectivity index (χ0) is 10.1. The lowest BCUT2D eigenvalue weighted by atomic mass is 10.3. The van der Waals surface area contributed by atoms with Gasteiger partial charge in [-0.15, -0.1) is 0 Å². The topological polar surface area (TPSA) is 52.7 Å². The van der Waals surface area contributed by atoms with Crippen LogP contribution in [0, 0.1) is 6.92 Å². The molecule has 0 N–H and O–H groups in total. The maximum Gasteiger partial charge on any atom is 0.170 e. The maximum atomic E-state index is 10.8. The van der Waals surface area contributed by atoms with Crippen molar-refractivity contribution in [2.45, 2.75) is 6.92 Å². The summed E-state index contributed by atoms with van der Waals surface area (Å²) in [6.45, 7) is 1.86. The first-order valence-electron chi connectivity index (χ1n) is 4.21. The van der Waals surface area contributed by atoms with E-state index in [0.29, 0.717) is 11.4 Å². The second-order valence-electron chi connectivity index (χ2n) is 3.04. The molecule has 2 aromatic rings. The number of nitrogens with zero attached hydrogens (tertiary/aromatic N) is 4. The van der Waals surface area contributed by atoms with E-state index in [2.05, 4.69) is 10.1 Å². The Balaban J connectivity index is 2.61. The molecule has 2 rings (SSSR count). The number of rotatable bonds is 2. The van der Waals surface area contributed by atoms with Crippen LogP contribution in [-0.4, -0.2) is 25.6 Å². The van der Waals surface area contributed by atoms with Crippen molar-refractivity contribution in [2.75, 3.05) is 0 Å². The molecular weight excluding hydrogens is 180 g/mol. The van der Waals surface area contributed by atoms with Gasteiger partial charge in [-0.2, -0.15) is 5.10 Å². The summed E-state index contributed by atoms with van der Waals surface area (Å²) >= 11 is 0. The van der Waals surface area contributed by atoms with Gasteiger partial charge in [0.2, 0.25) is 0 Å². The number of hydrogen-bond acceptors (Lipinski definition) is 3. The lowest BCUT2D eigenvalue weighted by Gasteiger charge is -1.99. The standard InChI is InChI=1S/C9H10N4O/c1-7-10-3-4-13(7)9-8(6-14)5-12(2)11-9/h3-6H,1-2H3. The van der Waals surface area contributed by atoms with Crippen molar-refractivity contribution in [1.82, 2.24) is 19.3 Å². The molecule has 2 aromatic heterocycles. The number of imidazole rings is 1. The Labute approximate surface area is 81.0 Å². The van der Waals surface area contributed by atoms with Crippen molar-refractivity contribution in [1.29, 1.82) is 0 Å². The van der Waals surface area contributed by atoms with E-state index in [9.17, 15) is 4.79 Å². The van der Waals surface area contributed by atoms with Gasteiger partial charge in [0.1, 0.15) is 5.82 Å². The molecule has 2 heterocycles. The van der Waals surface area contributed by atoms with E-state index in [1.54, 1.807) is 34.9 Å². The minimum Gasteiger partial charge on any atom is -0.298 e. The van der Waals surface area contributed by atoms with E-state index in [-0.39, 0.29) is 0 Å². The molecular formula is C9H10N4O. The summed E-state index contributed by atoms with van der Waals surface area (Å²) in [6.07, 6.45) is 5.94. The van der Waals surface area contributed by atoms with E-state index >= 15 is 0 Å². The third-order valence-electron chi connectivity index (χ3n) is 2.02. The number of hydrogen-bond donors (Lipinski definition) is 0. The highest BCUT2D eigenvalue weighted by Crippen LogP contribution is 2.11. The lowest BCUT2D eigenvalue weighted by Crippen LogP contribution is -2.00. The highest BCUT2D eigenvalue weighted by atomic mass is 16.1. The Kier molecular flexibility index (Phi) is 1.92. The van der Waals surface area contributed by atoms with Crippen LogP contribution in [0.3, 0.4) is 0 Å². The van der Waals surface area contributed by atoms with Crippen LogP contribution < -0.4 is 0 Å². The molecule has 0 aliphatic carbocycles. The van der Waals surface area contributed by atoms with Gasteiger partial charge >= 0.3 is 0 Å². The summed E-state index contributed by atoms with van der Waals surface area (Å²) in [5.74, 6) is 1.43. The Hall–Kier alpha value is -1.91. The first kappa shape index (κ1) is 8.68. The average Bonchev–Trinajstić information content (AvgIpc) is 2.71. The minimum atomic E-state index is 0.564. The number of aryl methyl sites for hydroxylation is 2. The van der Waals surface area contributed by atoms with E-state index in [4.69, 9.17) is 0 Å². The highest BCUT2D eigenvalue weighted by molar-refractivity contribution is 5.79. The number of carbonyl (C=O) groups excluding carboxylic acids is 1. The second kappa shape index (κ2) is 3.10. The Bertz CT molecular complexity index is 469. The van der Waals surface area contributed by atoms with Crippen LogP contribution in [0.25, 0.3) is 5.82 Å². The monoisotopic (exact) mass is 190 g/mol. The van der Waals surface area contributed by atoms with Crippen molar-refractivity contribution in [3.63, 3.8) is 0 Å². The largest absolute Gasteiger partial charge is 0.298 e. The van der Waals surface area contributed by atoms with Gasteiger partial charge in [-0.3, -0.25) is 14.0 Å². The van der Waals surface area contributed by atoms with Crippen molar-refractivity contribution in [3.8, 4) is 5.82 Å². The number of carbonyl (C=O) groups is 1. The Morgan fingerprint density at radius 1 is 1.50 bits per heavy atom. The fourth-order valence-corrected chi connectivity index (χ4v) is 1.37. The van der Waals surface area contributed by atoms with E-state index in [0.717, 1.165) is 12.1 Å². The predicted octanol–water partition coefficient (Wildman–Crippen LogP) is 0.727. The third-order valence-corrected chi connectivity index (χ3v) is 2.02.